The molecule has 2 aromatic heterocycles. The maximum Gasteiger partial charge on any atom is 2.00 e. The Morgan fingerprint density at radius 3 is 1.70 bits per heavy atom. The molecule has 0 saturated carbocycles. The van der Waals surface area contributed by atoms with Gasteiger partial charge in [-0.25, -0.2) is 9.97 Å². The molecule has 57 heavy (non-hydrogen) atoms. The van der Waals surface area contributed by atoms with Gasteiger partial charge in [-0.2, -0.15) is 36.4 Å². The van der Waals surface area contributed by atoms with Crippen LogP contribution in [0.25, 0.3) is 22.3 Å². The molecule has 0 bridgehead atoms. The summed E-state index contributed by atoms with van der Waals surface area (Å²) < 4.78 is 0. The van der Waals surface area contributed by atoms with Gasteiger partial charge >= 0.3 is 21.1 Å². The molecule has 2 aliphatic heterocycles. The number of hydrogen-bond donors (Lipinski definition) is 0. The zero-order valence-corrected chi connectivity index (χ0v) is 35.3. The molecular formula is C52H46N4Pt. The normalized spacial score (nSPS) is 15.2. The maximum absolute atomic E-state index is 5.11. The Balaban J connectivity index is 0.00000422. The van der Waals surface area contributed by atoms with E-state index >= 15 is 0 Å². The fourth-order valence-corrected chi connectivity index (χ4v) is 9.49. The molecule has 10 rings (SSSR count). The molecule has 7 aromatic rings. The number of nitrogens with zero attached hydrogens (tertiary/aromatic N) is 4. The van der Waals surface area contributed by atoms with Crippen LogP contribution >= 0.6 is 0 Å². The number of anilines is 4. The second-order valence-electron chi connectivity index (χ2n) is 16.7. The summed E-state index contributed by atoms with van der Waals surface area (Å²) in [5.74, 6) is 1.96. The summed E-state index contributed by atoms with van der Waals surface area (Å²) in [5, 5.41) is 0. The van der Waals surface area contributed by atoms with Gasteiger partial charge in [-0.3, -0.25) is 0 Å². The summed E-state index contributed by atoms with van der Waals surface area (Å²) in [6.07, 6.45) is 8.20. The number of hydrogen-bond acceptors (Lipinski definition) is 4. The zero-order chi connectivity index (χ0) is 38.0. The Kier molecular flexibility index (Phi) is 9.53. The molecule has 0 spiro atoms. The molecular weight excluding hydrogens is 876 g/mol. The number of pyridine rings is 2. The summed E-state index contributed by atoms with van der Waals surface area (Å²) in [4.78, 5) is 14.9. The standard InChI is InChI=1S/C52H46N4.Pt/c1-35-30-49(54-34-44(35)36-14-6-5-7-15-36)55-28-12-16-37-22-24-40(31-47(37)55)52(45-20-10-8-18-42(45)43-19-9-11-21-46(43)52)41-25-23-38-17-13-29-56(48(38)32-41)50-33-39(26-27-53-50)51(2,3)4;/h5-11,14-15,18-27,30,33-34H,12-13,16-17,28-29H2,1-4H3;/q-2;+2. The second kappa shape index (κ2) is 14.6. The predicted molar refractivity (Wildman–Crippen MR) is 229 cm³/mol. The third-order valence-corrected chi connectivity index (χ3v) is 12.3. The molecule has 0 unspecified atom stereocenters. The first-order valence-corrected chi connectivity index (χ1v) is 20.1. The van der Waals surface area contributed by atoms with Crippen molar-refractivity contribution in [2.75, 3.05) is 22.9 Å². The van der Waals surface area contributed by atoms with Gasteiger partial charge < -0.3 is 9.80 Å². The molecule has 0 amide bonds. The van der Waals surface area contributed by atoms with Gasteiger partial charge in [-0.15, -0.1) is 22.3 Å². The van der Waals surface area contributed by atoms with Crippen molar-refractivity contribution in [3.8, 4) is 22.3 Å². The Labute approximate surface area is 351 Å². The van der Waals surface area contributed by atoms with Gasteiger partial charge in [0, 0.05) is 36.5 Å². The van der Waals surface area contributed by atoms with Gasteiger partial charge in [0.15, 0.2) is 0 Å². The molecule has 0 radical (unpaired) electrons. The average molecular weight is 922 g/mol. The van der Waals surface area contributed by atoms with Crippen LogP contribution in [0, 0.1) is 19.1 Å². The predicted octanol–water partition coefficient (Wildman–Crippen LogP) is 11.9. The molecule has 5 heteroatoms. The summed E-state index contributed by atoms with van der Waals surface area (Å²) in [6.45, 7) is 10.8. The van der Waals surface area contributed by atoms with E-state index in [1.165, 1.54) is 55.6 Å². The Hall–Kier alpha value is -5.31. The molecule has 0 saturated heterocycles. The van der Waals surface area contributed by atoms with E-state index < -0.39 is 5.41 Å². The Bertz CT molecular complexity index is 2580. The van der Waals surface area contributed by atoms with Crippen LogP contribution in [0.3, 0.4) is 0 Å². The Morgan fingerprint density at radius 1 is 0.596 bits per heavy atom. The molecule has 4 nitrogen and oxygen atoms in total. The van der Waals surface area contributed by atoms with Gasteiger partial charge in [-0.05, 0) is 82.3 Å². The minimum Gasteiger partial charge on any atom is -0.350 e. The van der Waals surface area contributed by atoms with Crippen molar-refractivity contribution >= 4 is 23.0 Å². The van der Waals surface area contributed by atoms with Crippen molar-refractivity contribution in [2.45, 2.75) is 64.2 Å². The number of fused-ring (bicyclic) bond motifs is 5. The summed E-state index contributed by atoms with van der Waals surface area (Å²) >= 11 is 0. The van der Waals surface area contributed by atoms with Crippen molar-refractivity contribution in [3.05, 3.63) is 190 Å². The van der Waals surface area contributed by atoms with Crippen LogP contribution < -0.4 is 9.80 Å². The van der Waals surface area contributed by atoms with E-state index in [0.29, 0.717) is 0 Å². The number of benzene rings is 5. The summed E-state index contributed by atoms with van der Waals surface area (Å²) in [6, 6.07) is 52.9. The second-order valence-corrected chi connectivity index (χ2v) is 16.7. The van der Waals surface area contributed by atoms with Crippen molar-refractivity contribution in [3.63, 3.8) is 0 Å². The zero-order valence-electron chi connectivity index (χ0n) is 33.0. The molecule has 0 atom stereocenters. The minimum atomic E-state index is -0.634. The minimum absolute atomic E-state index is 0. The third-order valence-electron chi connectivity index (χ3n) is 12.3. The SMILES string of the molecule is Cc1cc(N2CCCc3ccc(C4(c5[c-]c6c(cc5)CCCN6c5cc(C(C)(C)C)ccn5)c5ccccc5-c5ccccc54)[c-]c32)ncc1-c1ccccc1.[Pt+2]. The number of aromatic nitrogens is 2. The van der Waals surface area contributed by atoms with Gasteiger partial charge in [0.05, 0.1) is 0 Å². The fourth-order valence-electron chi connectivity index (χ4n) is 9.49. The van der Waals surface area contributed by atoms with Gasteiger partial charge in [0.2, 0.25) is 0 Å². The van der Waals surface area contributed by atoms with Crippen LogP contribution in [-0.4, -0.2) is 23.1 Å². The monoisotopic (exact) mass is 921 g/mol. The van der Waals surface area contributed by atoms with E-state index in [9.17, 15) is 0 Å². The van der Waals surface area contributed by atoms with E-state index in [1.54, 1.807) is 0 Å². The first-order chi connectivity index (χ1) is 27.3. The summed E-state index contributed by atoms with van der Waals surface area (Å²) in [7, 11) is 0. The van der Waals surface area contributed by atoms with Crippen molar-refractivity contribution in [1.29, 1.82) is 0 Å². The van der Waals surface area contributed by atoms with Crippen molar-refractivity contribution in [1.82, 2.24) is 9.97 Å². The molecule has 3 aliphatic rings. The molecule has 4 heterocycles. The van der Waals surface area contributed by atoms with Gasteiger partial charge in [-0.1, -0.05) is 124 Å². The van der Waals surface area contributed by atoms with E-state index in [0.717, 1.165) is 72.9 Å². The van der Waals surface area contributed by atoms with E-state index in [-0.39, 0.29) is 26.5 Å². The first kappa shape index (κ1) is 37.3. The first-order valence-electron chi connectivity index (χ1n) is 20.1. The Morgan fingerprint density at radius 2 is 1.14 bits per heavy atom. The smallest absolute Gasteiger partial charge is 0.350 e. The number of rotatable bonds is 5. The van der Waals surface area contributed by atoms with Crippen LogP contribution in [0.1, 0.15) is 78.1 Å². The largest absolute Gasteiger partial charge is 2.00 e. The van der Waals surface area contributed by atoms with Gasteiger partial charge in [0.1, 0.15) is 11.6 Å². The van der Waals surface area contributed by atoms with Gasteiger partial charge in [0.25, 0.3) is 0 Å². The molecule has 0 N–H and O–H groups in total. The topological polar surface area (TPSA) is 32.3 Å². The molecule has 0 fully saturated rings. The molecule has 5 aromatic carbocycles. The van der Waals surface area contributed by atoms with Crippen LogP contribution in [0.4, 0.5) is 23.0 Å². The van der Waals surface area contributed by atoms with E-state index in [4.69, 9.17) is 9.97 Å². The molecule has 1 aliphatic carbocycles. The quantitative estimate of drug-likeness (QED) is 0.161. The van der Waals surface area contributed by atoms with Crippen LogP contribution in [0.15, 0.2) is 134 Å². The van der Waals surface area contributed by atoms with Crippen LogP contribution in [0.2, 0.25) is 0 Å². The summed E-state index contributed by atoms with van der Waals surface area (Å²) in [5.41, 5.74) is 16.5. The van der Waals surface area contributed by atoms with Crippen LogP contribution in [-0.2, 0) is 44.7 Å². The average Bonchev–Trinajstić information content (AvgIpc) is 3.54. The number of aryl methyl sites for hydroxylation is 3. The van der Waals surface area contributed by atoms with E-state index in [1.807, 2.05) is 12.4 Å². The fraction of sp³-hybridized carbons (Fsp3) is 0.231. The van der Waals surface area contributed by atoms with Crippen molar-refractivity contribution < 1.29 is 21.1 Å². The van der Waals surface area contributed by atoms with Crippen LogP contribution in [0.5, 0.6) is 0 Å². The third kappa shape index (κ3) is 6.16. The van der Waals surface area contributed by atoms with Crippen molar-refractivity contribution in [2.24, 2.45) is 0 Å². The maximum atomic E-state index is 5.11. The van der Waals surface area contributed by atoms with E-state index in [2.05, 4.69) is 171 Å². The molecule has 284 valence electrons.